The van der Waals surface area contributed by atoms with Gasteiger partial charge in [0.1, 0.15) is 18.4 Å². The lowest BCUT2D eigenvalue weighted by atomic mass is 10.2. The van der Waals surface area contributed by atoms with Gasteiger partial charge in [0.2, 0.25) is 15.9 Å². The number of nitrogens with one attached hydrogen (secondary N) is 4. The van der Waals surface area contributed by atoms with Crippen LogP contribution in [0.2, 0.25) is 0 Å². The molecule has 1 aliphatic heterocycles. The minimum Gasteiger partial charge on any atom is -0.492 e. The van der Waals surface area contributed by atoms with Gasteiger partial charge < -0.3 is 31.5 Å². The summed E-state index contributed by atoms with van der Waals surface area (Å²) in [7, 11) is -3.98. The van der Waals surface area contributed by atoms with E-state index >= 15 is 0 Å². The van der Waals surface area contributed by atoms with Crippen molar-refractivity contribution in [3.8, 4) is 5.75 Å². The number of carboxylic acid groups (broad SMARTS) is 1. The van der Waals surface area contributed by atoms with Crippen LogP contribution in [0.4, 0.5) is 0 Å². The third-order valence-corrected chi connectivity index (χ3v) is 6.07. The van der Waals surface area contributed by atoms with Crippen LogP contribution < -0.4 is 31.1 Å². The Bertz CT molecular complexity index is 982. The number of carbonyl (C=O) groups is 3. The van der Waals surface area contributed by atoms with Gasteiger partial charge >= 0.3 is 5.97 Å². The van der Waals surface area contributed by atoms with Crippen LogP contribution >= 0.6 is 0 Å². The van der Waals surface area contributed by atoms with Crippen LogP contribution in [0.1, 0.15) is 29.6 Å². The molecule has 7 N–H and O–H groups in total. The monoisotopic (exact) mass is 498 g/mol. The highest BCUT2D eigenvalue weighted by Gasteiger charge is 2.24. The van der Waals surface area contributed by atoms with Crippen molar-refractivity contribution < 1.29 is 32.6 Å². The van der Waals surface area contributed by atoms with Crippen molar-refractivity contribution in [2.45, 2.75) is 25.3 Å². The number of sulfonamides is 1. The second kappa shape index (κ2) is 13.3. The molecule has 2 rings (SSSR count). The first-order chi connectivity index (χ1) is 16.2. The van der Waals surface area contributed by atoms with Crippen molar-refractivity contribution in [3.05, 3.63) is 29.8 Å². The van der Waals surface area contributed by atoms with E-state index < -0.39 is 46.1 Å². The number of carbonyl (C=O) groups excluding carboxylic acids is 2. The van der Waals surface area contributed by atoms with Gasteiger partial charge in [0.15, 0.2) is 5.96 Å². The quantitative estimate of drug-likeness (QED) is 0.163. The van der Waals surface area contributed by atoms with Gasteiger partial charge in [0.25, 0.3) is 5.91 Å². The van der Waals surface area contributed by atoms with Crippen LogP contribution in [-0.2, 0) is 19.6 Å². The number of nitrogens with two attached hydrogens (primary N) is 1. The van der Waals surface area contributed by atoms with E-state index in [9.17, 15) is 27.9 Å². The average Bonchev–Trinajstić information content (AvgIpc) is 2.79. The molecule has 0 radical (unpaired) electrons. The van der Waals surface area contributed by atoms with Crippen molar-refractivity contribution >= 4 is 33.8 Å². The summed E-state index contributed by atoms with van der Waals surface area (Å²) in [6, 6.07) is 4.65. The van der Waals surface area contributed by atoms with E-state index in [1.807, 2.05) is 4.72 Å². The maximum atomic E-state index is 12.3. The van der Waals surface area contributed by atoms with Crippen LogP contribution in [-0.4, -0.2) is 81.8 Å². The van der Waals surface area contributed by atoms with Crippen molar-refractivity contribution in [3.63, 3.8) is 0 Å². The van der Waals surface area contributed by atoms with Crippen molar-refractivity contribution in [1.82, 2.24) is 20.7 Å². The number of benzene rings is 1. The molecule has 14 heteroatoms. The number of hydrogen-bond acceptors (Lipinski definition) is 9. The summed E-state index contributed by atoms with van der Waals surface area (Å²) in [5.74, 6) is -1.86. The molecule has 0 unspecified atom stereocenters. The molecule has 0 fully saturated rings. The summed E-state index contributed by atoms with van der Waals surface area (Å²) in [4.78, 5) is 38.7. The van der Waals surface area contributed by atoms with Crippen LogP contribution in [0.25, 0.3) is 0 Å². The number of aliphatic imine (C=N–C) groups is 1. The van der Waals surface area contributed by atoms with Gasteiger partial charge in [0, 0.05) is 31.6 Å². The molecule has 188 valence electrons. The second-order valence-electron chi connectivity index (χ2n) is 7.42. The molecule has 2 amide bonds. The Morgan fingerprint density at radius 2 is 1.97 bits per heavy atom. The lowest BCUT2D eigenvalue weighted by Crippen LogP contribution is -2.49. The highest BCUT2D eigenvalue weighted by atomic mass is 32.2. The second-order valence-corrected chi connectivity index (χ2v) is 9.29. The maximum absolute atomic E-state index is 12.3. The van der Waals surface area contributed by atoms with Gasteiger partial charge in [-0.1, -0.05) is 0 Å². The largest absolute Gasteiger partial charge is 0.492 e. The number of aliphatic carboxylic acids is 1. The van der Waals surface area contributed by atoms with Crippen LogP contribution in [0.5, 0.6) is 5.75 Å². The van der Waals surface area contributed by atoms with Crippen LogP contribution in [0.3, 0.4) is 0 Å². The van der Waals surface area contributed by atoms with E-state index in [2.05, 4.69) is 20.9 Å². The molecule has 0 aliphatic carbocycles. The number of nitrogens with zero attached hydrogens (tertiary/aromatic N) is 1. The topological polar surface area (TPSA) is 201 Å². The Balaban J connectivity index is 1.77. The number of amides is 2. The Morgan fingerprint density at radius 3 is 2.59 bits per heavy atom. The van der Waals surface area contributed by atoms with E-state index in [1.54, 1.807) is 12.1 Å². The number of rotatable bonds is 14. The van der Waals surface area contributed by atoms with E-state index in [4.69, 9.17) is 10.5 Å². The minimum absolute atomic E-state index is 0.0422. The summed E-state index contributed by atoms with van der Waals surface area (Å²) < 4.78 is 31.6. The lowest BCUT2D eigenvalue weighted by molar-refractivity contribution is -0.138. The van der Waals surface area contributed by atoms with E-state index in [-0.39, 0.29) is 18.4 Å². The molecule has 1 aromatic rings. The van der Waals surface area contributed by atoms with Crippen LogP contribution in [0.15, 0.2) is 29.3 Å². The molecule has 0 saturated heterocycles. The molecule has 1 aliphatic rings. The molecule has 34 heavy (non-hydrogen) atoms. The Kier molecular flexibility index (Phi) is 10.5. The number of carboxylic acids is 1. The van der Waals surface area contributed by atoms with Gasteiger partial charge in [-0.15, -0.1) is 0 Å². The first kappa shape index (κ1) is 26.9. The number of ether oxygens (including phenoxy) is 1. The fourth-order valence-corrected chi connectivity index (χ4v) is 4.14. The highest BCUT2D eigenvalue weighted by Crippen LogP contribution is 2.12. The van der Waals surface area contributed by atoms with Crippen molar-refractivity contribution in [2.75, 3.05) is 38.5 Å². The molecule has 0 aromatic heterocycles. The maximum Gasteiger partial charge on any atom is 0.323 e. The molecule has 0 saturated carbocycles. The Morgan fingerprint density at radius 1 is 1.24 bits per heavy atom. The third kappa shape index (κ3) is 10.0. The van der Waals surface area contributed by atoms with Gasteiger partial charge in [-0.2, -0.15) is 4.72 Å². The van der Waals surface area contributed by atoms with Gasteiger partial charge in [-0.25, -0.2) is 8.42 Å². The molecule has 1 heterocycles. The number of guanidine groups is 1. The Labute approximate surface area is 197 Å². The average molecular weight is 499 g/mol. The lowest BCUT2D eigenvalue weighted by Gasteiger charge is -2.16. The predicted octanol–water partition coefficient (Wildman–Crippen LogP) is -1.63. The standard InChI is InChI=1S/C20H30N6O7S/c21-17(27)3-1-12-34(31,32)26-16(19(29)30)13-25-18(28)14-4-6-15(7-5-14)33-11-10-24-20-22-8-2-9-23-20/h4-7,16,26H,1-3,8-13H2,(H2,21,27)(H,25,28)(H,29,30)(H2,22,23,24)/t16-/m0/s1. The number of hydrogen-bond donors (Lipinski definition) is 6. The van der Waals surface area contributed by atoms with Gasteiger partial charge in [-0.3, -0.25) is 19.4 Å². The third-order valence-electron chi connectivity index (χ3n) is 4.60. The molecule has 1 atom stereocenters. The summed E-state index contributed by atoms with van der Waals surface area (Å²) in [6.07, 6.45) is 0.824. The molecular weight excluding hydrogens is 468 g/mol. The molecule has 0 bridgehead atoms. The van der Waals surface area contributed by atoms with E-state index in [0.29, 0.717) is 18.9 Å². The first-order valence-electron chi connectivity index (χ1n) is 10.7. The van der Waals surface area contributed by atoms with Crippen LogP contribution in [0, 0.1) is 0 Å². The van der Waals surface area contributed by atoms with Crippen molar-refractivity contribution in [2.24, 2.45) is 10.7 Å². The van der Waals surface area contributed by atoms with Crippen molar-refractivity contribution in [1.29, 1.82) is 0 Å². The summed E-state index contributed by atoms with van der Waals surface area (Å²) >= 11 is 0. The summed E-state index contributed by atoms with van der Waals surface area (Å²) in [5.41, 5.74) is 5.21. The smallest absolute Gasteiger partial charge is 0.323 e. The minimum atomic E-state index is -3.98. The Hall–Kier alpha value is -3.39. The van der Waals surface area contributed by atoms with Gasteiger partial charge in [0.05, 0.1) is 12.3 Å². The van der Waals surface area contributed by atoms with E-state index in [0.717, 1.165) is 25.5 Å². The highest BCUT2D eigenvalue weighted by molar-refractivity contribution is 7.89. The summed E-state index contributed by atoms with van der Waals surface area (Å²) in [5, 5.41) is 17.9. The zero-order chi connectivity index (χ0) is 25.0. The molecule has 1 aromatic carbocycles. The van der Waals surface area contributed by atoms with E-state index in [1.165, 1.54) is 12.1 Å². The zero-order valence-electron chi connectivity index (χ0n) is 18.6. The zero-order valence-corrected chi connectivity index (χ0v) is 19.4. The normalized spacial score (nSPS) is 14.3. The fourth-order valence-electron chi connectivity index (χ4n) is 2.88. The fraction of sp³-hybridized carbons (Fsp3) is 0.500. The molecule has 13 nitrogen and oxygen atoms in total. The number of primary amides is 1. The molecule has 0 spiro atoms. The SMILES string of the molecule is NC(=O)CCCS(=O)(=O)N[C@@H](CNC(=O)c1ccc(OCCNC2=NCCCN2)cc1)C(=O)O. The first-order valence-corrected chi connectivity index (χ1v) is 12.4. The predicted molar refractivity (Wildman–Crippen MR) is 124 cm³/mol. The summed E-state index contributed by atoms with van der Waals surface area (Å²) in [6.45, 7) is 2.13. The van der Waals surface area contributed by atoms with Gasteiger partial charge in [-0.05, 0) is 37.1 Å². The molecular formula is C20H30N6O7S.